The molecule has 8 nitrogen and oxygen atoms in total. The third-order valence-corrected chi connectivity index (χ3v) is 5.94. The Morgan fingerprint density at radius 1 is 0.966 bits per heavy atom. The van der Waals surface area contributed by atoms with Crippen molar-refractivity contribution in [2.45, 2.75) is 18.7 Å². The summed E-state index contributed by atoms with van der Waals surface area (Å²) in [5.74, 6) is 0.601. The first-order chi connectivity index (χ1) is 13.8. The predicted molar refractivity (Wildman–Crippen MR) is 108 cm³/mol. The van der Waals surface area contributed by atoms with E-state index < -0.39 is 22.5 Å². The number of esters is 1. The number of anilines is 1. The number of hydrogen-bond donors (Lipinski definition) is 0. The van der Waals surface area contributed by atoms with Gasteiger partial charge in [0.2, 0.25) is 0 Å². The Kier molecular flexibility index (Phi) is 7.33. The third kappa shape index (κ3) is 4.92. The van der Waals surface area contributed by atoms with E-state index in [2.05, 4.69) is 0 Å². The molecule has 0 N–H and O–H groups in total. The van der Waals surface area contributed by atoms with Crippen LogP contribution < -0.4 is 18.5 Å². The maximum Gasteiger partial charge on any atom is 0.326 e. The molecular weight excluding hydrogens is 398 g/mol. The average molecular weight is 423 g/mol. The van der Waals surface area contributed by atoms with Crippen molar-refractivity contribution >= 4 is 21.7 Å². The molecule has 29 heavy (non-hydrogen) atoms. The summed E-state index contributed by atoms with van der Waals surface area (Å²) in [7, 11) is 0.290. The molecule has 2 rings (SSSR count). The van der Waals surface area contributed by atoms with Crippen molar-refractivity contribution in [1.29, 1.82) is 0 Å². The molecule has 9 heteroatoms. The minimum absolute atomic E-state index is 0.0120. The van der Waals surface area contributed by atoms with Crippen LogP contribution in [0.5, 0.6) is 17.2 Å². The molecular formula is C20H25NO7S. The maximum absolute atomic E-state index is 13.4. The minimum atomic E-state index is -4.11. The van der Waals surface area contributed by atoms with E-state index in [1.165, 1.54) is 39.5 Å². The molecule has 2 aromatic rings. The molecule has 0 radical (unpaired) electrons. The number of nitrogens with zero attached hydrogens (tertiary/aromatic N) is 1. The number of carbonyl (C=O) groups excluding carboxylic acids is 1. The summed E-state index contributed by atoms with van der Waals surface area (Å²) < 4.78 is 48.5. The van der Waals surface area contributed by atoms with Crippen LogP contribution in [-0.2, 0) is 19.6 Å². The number of benzene rings is 2. The average Bonchev–Trinajstić information content (AvgIpc) is 2.71. The van der Waals surface area contributed by atoms with Crippen molar-refractivity contribution in [1.82, 2.24) is 0 Å². The van der Waals surface area contributed by atoms with Gasteiger partial charge < -0.3 is 18.9 Å². The smallest absolute Gasteiger partial charge is 0.326 e. The summed E-state index contributed by atoms with van der Waals surface area (Å²) in [6.07, 6.45) is 0. The Morgan fingerprint density at radius 3 is 2.21 bits per heavy atom. The van der Waals surface area contributed by atoms with Gasteiger partial charge in [0.25, 0.3) is 10.0 Å². The van der Waals surface area contributed by atoms with E-state index in [4.69, 9.17) is 18.9 Å². The highest BCUT2D eigenvalue weighted by Gasteiger charge is 2.30. The Labute approximate surface area is 171 Å². The topological polar surface area (TPSA) is 91.4 Å². The number of rotatable bonds is 9. The molecule has 0 spiro atoms. The van der Waals surface area contributed by atoms with E-state index >= 15 is 0 Å². The summed E-state index contributed by atoms with van der Waals surface area (Å²) >= 11 is 0. The van der Waals surface area contributed by atoms with Gasteiger partial charge in [-0.3, -0.25) is 9.10 Å². The molecule has 0 fully saturated rings. The fourth-order valence-corrected chi connectivity index (χ4v) is 4.26. The van der Waals surface area contributed by atoms with Crippen molar-refractivity contribution in [3.8, 4) is 17.2 Å². The molecule has 2 aromatic carbocycles. The molecule has 0 unspecified atom stereocenters. The molecule has 0 aliphatic carbocycles. The second-order valence-corrected chi connectivity index (χ2v) is 7.85. The van der Waals surface area contributed by atoms with Crippen molar-refractivity contribution in [3.63, 3.8) is 0 Å². The largest absolute Gasteiger partial charge is 0.497 e. The number of aryl methyl sites for hydroxylation is 1. The molecule has 0 saturated heterocycles. The van der Waals surface area contributed by atoms with Crippen LogP contribution in [0.1, 0.15) is 12.5 Å². The summed E-state index contributed by atoms with van der Waals surface area (Å²) in [5, 5.41) is 0. The van der Waals surface area contributed by atoms with E-state index in [-0.39, 0.29) is 22.9 Å². The fraction of sp³-hybridized carbons (Fsp3) is 0.350. The standard InChI is InChI=1S/C20H25NO7S/c1-6-28-20(22)13-21(17-9-7-15(25-3)12-19(17)27-5)29(23,24)16-8-10-18(26-4)14(2)11-16/h7-12H,6,13H2,1-5H3. The Balaban J connectivity index is 2.61. The highest BCUT2D eigenvalue weighted by atomic mass is 32.2. The van der Waals surface area contributed by atoms with Crippen LogP contribution in [-0.4, -0.2) is 48.9 Å². The molecule has 0 heterocycles. The normalized spacial score (nSPS) is 10.9. The third-order valence-electron chi connectivity index (χ3n) is 4.19. The summed E-state index contributed by atoms with van der Waals surface area (Å²) in [5.41, 5.74) is 0.834. The maximum atomic E-state index is 13.4. The zero-order valence-electron chi connectivity index (χ0n) is 17.1. The molecule has 0 aromatic heterocycles. The van der Waals surface area contributed by atoms with Gasteiger partial charge in [-0.05, 0) is 49.7 Å². The molecule has 0 amide bonds. The van der Waals surface area contributed by atoms with Crippen molar-refractivity contribution in [2.75, 3.05) is 38.8 Å². The lowest BCUT2D eigenvalue weighted by Crippen LogP contribution is -2.37. The van der Waals surface area contributed by atoms with Crippen molar-refractivity contribution < 1.29 is 32.2 Å². The molecule has 0 saturated carbocycles. The first-order valence-corrected chi connectivity index (χ1v) is 10.3. The van der Waals surface area contributed by atoms with Gasteiger partial charge in [0.05, 0.1) is 38.5 Å². The summed E-state index contributed by atoms with van der Waals surface area (Å²) in [6, 6.07) is 9.13. The summed E-state index contributed by atoms with van der Waals surface area (Å²) in [6.45, 7) is 3.01. The van der Waals surface area contributed by atoms with Crippen molar-refractivity contribution in [3.05, 3.63) is 42.0 Å². The molecule has 158 valence electrons. The number of carbonyl (C=O) groups is 1. The molecule has 0 aliphatic rings. The van der Waals surface area contributed by atoms with E-state index in [0.29, 0.717) is 17.1 Å². The van der Waals surface area contributed by atoms with Crippen molar-refractivity contribution in [2.24, 2.45) is 0 Å². The van der Waals surface area contributed by atoms with E-state index in [1.54, 1.807) is 32.0 Å². The molecule has 0 atom stereocenters. The number of ether oxygens (including phenoxy) is 4. The quantitative estimate of drug-likeness (QED) is 0.573. The summed E-state index contributed by atoms with van der Waals surface area (Å²) in [4.78, 5) is 12.2. The minimum Gasteiger partial charge on any atom is -0.497 e. The van der Waals surface area contributed by atoms with E-state index in [9.17, 15) is 13.2 Å². The second kappa shape index (κ2) is 9.51. The lowest BCUT2D eigenvalue weighted by Gasteiger charge is -2.25. The van der Waals surface area contributed by atoms with Gasteiger partial charge in [0, 0.05) is 6.07 Å². The van der Waals surface area contributed by atoms with Crippen LogP contribution in [0.4, 0.5) is 5.69 Å². The first kappa shape index (κ1) is 22.4. The molecule has 0 bridgehead atoms. The highest BCUT2D eigenvalue weighted by Crippen LogP contribution is 2.36. The lowest BCUT2D eigenvalue weighted by molar-refractivity contribution is -0.141. The number of sulfonamides is 1. The second-order valence-electron chi connectivity index (χ2n) is 5.99. The zero-order chi connectivity index (χ0) is 21.6. The van der Waals surface area contributed by atoms with Crippen LogP contribution in [0, 0.1) is 6.92 Å². The highest BCUT2D eigenvalue weighted by molar-refractivity contribution is 7.92. The van der Waals surface area contributed by atoms with Crippen LogP contribution in [0.3, 0.4) is 0 Å². The van der Waals surface area contributed by atoms with Gasteiger partial charge >= 0.3 is 5.97 Å². The SMILES string of the molecule is CCOC(=O)CN(c1ccc(OC)cc1OC)S(=O)(=O)c1ccc(OC)c(C)c1. The monoisotopic (exact) mass is 423 g/mol. The predicted octanol–water partition coefficient (Wildman–Crippen LogP) is 2.78. The van der Waals surface area contributed by atoms with Gasteiger partial charge in [-0.1, -0.05) is 0 Å². The van der Waals surface area contributed by atoms with Gasteiger partial charge in [0.15, 0.2) is 0 Å². The van der Waals surface area contributed by atoms with Gasteiger partial charge in [-0.2, -0.15) is 0 Å². The van der Waals surface area contributed by atoms with Gasteiger partial charge in [0.1, 0.15) is 23.8 Å². The van der Waals surface area contributed by atoms with E-state index in [0.717, 1.165) is 4.31 Å². The molecule has 0 aliphatic heterocycles. The number of hydrogen-bond acceptors (Lipinski definition) is 7. The fourth-order valence-electron chi connectivity index (χ4n) is 2.75. The Morgan fingerprint density at radius 2 is 1.66 bits per heavy atom. The van der Waals surface area contributed by atoms with Gasteiger partial charge in [-0.15, -0.1) is 0 Å². The Hall–Kier alpha value is -2.94. The Bertz CT molecular complexity index is 973. The van der Waals surface area contributed by atoms with Crippen LogP contribution in [0.25, 0.3) is 0 Å². The van der Waals surface area contributed by atoms with E-state index in [1.807, 2.05) is 0 Å². The van der Waals surface area contributed by atoms with Crippen LogP contribution in [0.2, 0.25) is 0 Å². The van der Waals surface area contributed by atoms with Crippen LogP contribution >= 0.6 is 0 Å². The zero-order valence-corrected chi connectivity index (χ0v) is 17.9. The first-order valence-electron chi connectivity index (χ1n) is 8.83. The number of methoxy groups -OCH3 is 3. The van der Waals surface area contributed by atoms with Gasteiger partial charge in [-0.25, -0.2) is 8.42 Å². The lowest BCUT2D eigenvalue weighted by atomic mass is 10.2. The van der Waals surface area contributed by atoms with Crippen LogP contribution in [0.15, 0.2) is 41.3 Å².